The van der Waals surface area contributed by atoms with Crippen LogP contribution in [0.1, 0.15) is 36.8 Å². The maximum Gasteiger partial charge on any atom is 0.322 e. The summed E-state index contributed by atoms with van der Waals surface area (Å²) in [6, 6.07) is 26.1. The fourth-order valence-electron chi connectivity index (χ4n) is 6.24. The quantitative estimate of drug-likeness (QED) is 0.178. The Morgan fingerprint density at radius 1 is 0.979 bits per heavy atom. The van der Waals surface area contributed by atoms with E-state index in [4.69, 9.17) is 4.98 Å². The zero-order valence-electron chi connectivity index (χ0n) is 26.0. The van der Waals surface area contributed by atoms with Crippen molar-refractivity contribution in [2.75, 3.05) is 10.2 Å². The van der Waals surface area contributed by atoms with Crippen LogP contribution in [-0.4, -0.2) is 48.1 Å². The van der Waals surface area contributed by atoms with Gasteiger partial charge in [0, 0.05) is 54.1 Å². The Labute approximate surface area is 272 Å². The molecule has 11 heteroatoms. The van der Waals surface area contributed by atoms with Crippen LogP contribution < -0.4 is 15.5 Å². The summed E-state index contributed by atoms with van der Waals surface area (Å²) in [5, 5.41) is 28.7. The topological polar surface area (TPSA) is 140 Å². The number of rotatable bonds is 8. The fourth-order valence-corrected chi connectivity index (χ4v) is 6.24. The third kappa shape index (κ3) is 6.53. The van der Waals surface area contributed by atoms with E-state index in [9.17, 15) is 10.1 Å². The van der Waals surface area contributed by atoms with Gasteiger partial charge in [-0.15, -0.1) is 0 Å². The maximum absolute atomic E-state index is 13.8. The summed E-state index contributed by atoms with van der Waals surface area (Å²) >= 11 is 0. The summed E-state index contributed by atoms with van der Waals surface area (Å²) in [4.78, 5) is 24.9. The average Bonchev–Trinajstić information content (AvgIpc) is 3.77. The molecule has 0 bridgehead atoms. The van der Waals surface area contributed by atoms with Crippen LogP contribution in [0.3, 0.4) is 0 Å². The van der Waals surface area contributed by atoms with Gasteiger partial charge in [-0.05, 0) is 61.1 Å². The first kappa shape index (κ1) is 29.7. The van der Waals surface area contributed by atoms with Crippen LogP contribution in [-0.2, 0) is 13.6 Å². The second kappa shape index (κ2) is 13.1. The molecule has 47 heavy (non-hydrogen) atoms. The number of carbonyl (C=O) groups excluding carboxylic acids is 1. The molecule has 0 saturated heterocycles. The minimum absolute atomic E-state index is 0.0206. The Kier molecular flexibility index (Phi) is 8.30. The molecule has 1 aliphatic carbocycles. The van der Waals surface area contributed by atoms with Crippen LogP contribution in [0.4, 0.5) is 16.4 Å². The number of aromatic amines is 1. The molecule has 0 atom stereocenters. The second-order valence-corrected chi connectivity index (χ2v) is 11.9. The van der Waals surface area contributed by atoms with Crippen molar-refractivity contribution in [1.82, 2.24) is 35.3 Å². The van der Waals surface area contributed by atoms with Crippen molar-refractivity contribution >= 4 is 28.6 Å². The van der Waals surface area contributed by atoms with Crippen molar-refractivity contribution < 1.29 is 4.79 Å². The van der Waals surface area contributed by atoms with E-state index in [0.717, 1.165) is 64.5 Å². The summed E-state index contributed by atoms with van der Waals surface area (Å²) in [5.41, 5.74) is 6.72. The summed E-state index contributed by atoms with van der Waals surface area (Å²) in [6.45, 7) is 0.451. The molecule has 1 saturated carbocycles. The highest BCUT2D eigenvalue weighted by molar-refractivity contribution is 5.93. The van der Waals surface area contributed by atoms with Gasteiger partial charge in [0.15, 0.2) is 0 Å². The normalized spacial score (nSPS) is 16.0. The molecular weight excluding hydrogens is 588 g/mol. The molecule has 2 amide bonds. The SMILES string of the molecule is Cn1cc(-c2ccc(N(C(=O)NCc3ccccc3)C3CCC(Nc4ncc(C#N)c(-c5ccc6[nH]ncc6c5)n4)CC3)cc2)cn1. The van der Waals surface area contributed by atoms with E-state index in [1.54, 1.807) is 17.1 Å². The van der Waals surface area contributed by atoms with Crippen molar-refractivity contribution in [3.63, 3.8) is 0 Å². The van der Waals surface area contributed by atoms with Crippen LogP contribution in [0.5, 0.6) is 0 Å². The number of amides is 2. The number of nitriles is 1. The molecule has 0 radical (unpaired) electrons. The van der Waals surface area contributed by atoms with Gasteiger partial charge in [0.05, 0.1) is 35.4 Å². The molecule has 3 aromatic carbocycles. The van der Waals surface area contributed by atoms with Gasteiger partial charge in [0.1, 0.15) is 6.07 Å². The van der Waals surface area contributed by atoms with Crippen LogP contribution >= 0.6 is 0 Å². The van der Waals surface area contributed by atoms with Crippen LogP contribution in [0.2, 0.25) is 0 Å². The van der Waals surface area contributed by atoms with Crippen LogP contribution in [0.15, 0.2) is 97.6 Å². The Morgan fingerprint density at radius 3 is 2.51 bits per heavy atom. The number of hydrogen-bond donors (Lipinski definition) is 3. The summed E-state index contributed by atoms with van der Waals surface area (Å²) in [5.74, 6) is 0.484. The van der Waals surface area contributed by atoms with Crippen LogP contribution in [0, 0.1) is 11.3 Å². The lowest BCUT2D eigenvalue weighted by atomic mass is 9.90. The van der Waals surface area contributed by atoms with E-state index in [-0.39, 0.29) is 18.1 Å². The third-order valence-corrected chi connectivity index (χ3v) is 8.71. The zero-order valence-corrected chi connectivity index (χ0v) is 26.0. The van der Waals surface area contributed by atoms with Crippen LogP contribution in [0.25, 0.3) is 33.3 Å². The molecule has 1 fully saturated rings. The lowest BCUT2D eigenvalue weighted by Gasteiger charge is -2.37. The number of benzene rings is 3. The standard InChI is InChI=1S/C36H34N10O/c1-45-23-29(22-41-45)25-7-12-31(13-8-25)46(36(47)39-19-24-5-3-2-4-6-24)32-14-10-30(11-15-32)42-35-38-20-28(18-37)34(43-35)26-9-16-33-27(17-26)21-40-44-33/h2-9,12-13,16-17,20-23,30,32H,10-11,14-15,19H2,1H3,(H,39,47)(H,40,44)(H,38,42,43). The Bertz CT molecular complexity index is 2040. The Hall–Kier alpha value is -6.02. The van der Waals surface area contributed by atoms with Crippen molar-refractivity contribution in [2.45, 2.75) is 44.3 Å². The molecule has 3 aromatic heterocycles. The molecule has 6 aromatic rings. The van der Waals surface area contributed by atoms with Gasteiger partial charge in [-0.3, -0.25) is 14.7 Å². The molecule has 1 aliphatic rings. The molecule has 3 N–H and O–H groups in total. The molecule has 0 unspecified atom stereocenters. The van der Waals surface area contributed by atoms with Gasteiger partial charge in [0.2, 0.25) is 5.95 Å². The fraction of sp³-hybridized carbons (Fsp3) is 0.222. The molecule has 234 valence electrons. The first-order valence-corrected chi connectivity index (χ1v) is 15.7. The summed E-state index contributed by atoms with van der Waals surface area (Å²) in [7, 11) is 1.90. The largest absolute Gasteiger partial charge is 0.351 e. The van der Waals surface area contributed by atoms with Gasteiger partial charge in [-0.25, -0.2) is 14.8 Å². The van der Waals surface area contributed by atoms with E-state index in [0.29, 0.717) is 23.8 Å². The highest BCUT2D eigenvalue weighted by atomic mass is 16.2. The smallest absolute Gasteiger partial charge is 0.322 e. The minimum atomic E-state index is -0.117. The lowest BCUT2D eigenvalue weighted by molar-refractivity contribution is 0.240. The van der Waals surface area contributed by atoms with Gasteiger partial charge >= 0.3 is 6.03 Å². The van der Waals surface area contributed by atoms with Gasteiger partial charge in [-0.2, -0.15) is 15.5 Å². The second-order valence-electron chi connectivity index (χ2n) is 11.9. The molecular formula is C36H34N10O. The number of fused-ring (bicyclic) bond motifs is 1. The van der Waals surface area contributed by atoms with E-state index in [2.05, 4.69) is 37.0 Å². The average molecular weight is 623 g/mol. The maximum atomic E-state index is 13.8. The Balaban J connectivity index is 1.07. The van der Waals surface area contributed by atoms with E-state index < -0.39 is 0 Å². The number of urea groups is 1. The van der Waals surface area contributed by atoms with Crippen molar-refractivity contribution in [3.05, 3.63) is 109 Å². The summed E-state index contributed by atoms with van der Waals surface area (Å²) < 4.78 is 1.78. The van der Waals surface area contributed by atoms with Gasteiger partial charge < -0.3 is 10.6 Å². The molecule has 0 spiro atoms. The van der Waals surface area contributed by atoms with E-state index in [1.807, 2.05) is 97.1 Å². The predicted molar refractivity (Wildman–Crippen MR) is 181 cm³/mol. The molecule has 0 aliphatic heterocycles. The number of nitrogens with one attached hydrogen (secondary N) is 3. The highest BCUT2D eigenvalue weighted by Gasteiger charge is 2.30. The van der Waals surface area contributed by atoms with Crippen molar-refractivity contribution in [1.29, 1.82) is 5.26 Å². The lowest BCUT2D eigenvalue weighted by Crippen LogP contribution is -2.48. The van der Waals surface area contributed by atoms with Gasteiger partial charge in [0.25, 0.3) is 0 Å². The monoisotopic (exact) mass is 622 g/mol. The van der Waals surface area contributed by atoms with E-state index >= 15 is 0 Å². The highest BCUT2D eigenvalue weighted by Crippen LogP contribution is 2.32. The first-order valence-electron chi connectivity index (χ1n) is 15.7. The molecule has 3 heterocycles. The number of H-pyrrole nitrogens is 1. The van der Waals surface area contributed by atoms with Gasteiger partial charge in [-0.1, -0.05) is 48.5 Å². The molecule has 11 nitrogen and oxygen atoms in total. The van der Waals surface area contributed by atoms with Crippen molar-refractivity contribution in [3.8, 4) is 28.5 Å². The third-order valence-electron chi connectivity index (χ3n) is 8.71. The molecule has 7 rings (SSSR count). The number of carbonyl (C=O) groups is 1. The number of aromatic nitrogens is 6. The number of hydrogen-bond acceptors (Lipinski definition) is 7. The summed E-state index contributed by atoms with van der Waals surface area (Å²) in [6.07, 6.45) is 10.4. The predicted octanol–water partition coefficient (Wildman–Crippen LogP) is 6.43. The first-order chi connectivity index (χ1) is 23.0. The number of anilines is 2. The Morgan fingerprint density at radius 2 is 1.77 bits per heavy atom. The number of nitrogens with zero attached hydrogens (tertiary/aromatic N) is 7. The minimum Gasteiger partial charge on any atom is -0.351 e. The van der Waals surface area contributed by atoms with Crippen molar-refractivity contribution in [2.24, 2.45) is 7.05 Å². The zero-order chi connectivity index (χ0) is 32.2. The number of aryl methyl sites for hydroxylation is 1. The van der Waals surface area contributed by atoms with E-state index in [1.165, 1.54) is 0 Å².